The van der Waals surface area contributed by atoms with Gasteiger partial charge in [-0.25, -0.2) is 17.6 Å². The molecule has 0 radical (unpaired) electrons. The largest absolute Gasteiger partial charge is 0.373 e. The standard InChI is InChI=1S/C6H10F4O2/c1-11-4(6(9)10)2-12-3-5(7)8/h4-6H,2-3H2,1H3. The SMILES string of the molecule is COC(COCC(F)F)C(F)F. The molecule has 0 aliphatic heterocycles. The minimum Gasteiger partial charge on any atom is -0.373 e. The number of rotatable bonds is 6. The van der Waals surface area contributed by atoms with Crippen molar-refractivity contribution in [2.24, 2.45) is 0 Å². The first-order chi connectivity index (χ1) is 5.57. The van der Waals surface area contributed by atoms with E-state index in [4.69, 9.17) is 0 Å². The fraction of sp³-hybridized carbons (Fsp3) is 1.00. The lowest BCUT2D eigenvalue weighted by Crippen LogP contribution is -2.27. The van der Waals surface area contributed by atoms with Crippen LogP contribution in [-0.2, 0) is 9.47 Å². The van der Waals surface area contributed by atoms with Crippen molar-refractivity contribution < 1.29 is 27.0 Å². The van der Waals surface area contributed by atoms with Gasteiger partial charge in [-0.1, -0.05) is 0 Å². The molecule has 0 spiro atoms. The third-order valence-electron chi connectivity index (χ3n) is 1.11. The van der Waals surface area contributed by atoms with Crippen LogP contribution >= 0.6 is 0 Å². The van der Waals surface area contributed by atoms with E-state index in [0.717, 1.165) is 7.11 Å². The Hall–Kier alpha value is -0.360. The summed E-state index contributed by atoms with van der Waals surface area (Å²) in [6.45, 7) is -1.36. The van der Waals surface area contributed by atoms with Crippen molar-refractivity contribution >= 4 is 0 Å². The molecule has 0 aromatic carbocycles. The maximum Gasteiger partial charge on any atom is 0.266 e. The normalized spacial score (nSPS) is 14.2. The molecule has 2 nitrogen and oxygen atoms in total. The van der Waals surface area contributed by atoms with Gasteiger partial charge < -0.3 is 9.47 Å². The lowest BCUT2D eigenvalue weighted by molar-refractivity contribution is -0.0897. The van der Waals surface area contributed by atoms with E-state index in [1.807, 2.05) is 0 Å². The molecule has 0 amide bonds. The summed E-state index contributed by atoms with van der Waals surface area (Å²) < 4.78 is 55.1. The van der Waals surface area contributed by atoms with Crippen LogP contribution in [0.25, 0.3) is 0 Å². The van der Waals surface area contributed by atoms with Gasteiger partial charge in [0.2, 0.25) is 0 Å². The summed E-state index contributed by atoms with van der Waals surface area (Å²) in [6, 6.07) is 0. The summed E-state index contributed by atoms with van der Waals surface area (Å²) in [5, 5.41) is 0. The highest BCUT2D eigenvalue weighted by Crippen LogP contribution is 2.05. The molecular formula is C6H10F4O2. The van der Waals surface area contributed by atoms with Crippen LogP contribution in [0.15, 0.2) is 0 Å². The Balaban J connectivity index is 3.45. The van der Waals surface area contributed by atoms with Gasteiger partial charge in [0, 0.05) is 7.11 Å². The summed E-state index contributed by atoms with van der Waals surface area (Å²) in [7, 11) is 1.07. The molecule has 0 aromatic rings. The van der Waals surface area contributed by atoms with Crippen molar-refractivity contribution in [2.45, 2.75) is 19.0 Å². The van der Waals surface area contributed by atoms with Crippen molar-refractivity contribution in [2.75, 3.05) is 20.3 Å². The van der Waals surface area contributed by atoms with Gasteiger partial charge >= 0.3 is 0 Å². The Morgan fingerprint density at radius 3 is 2.00 bits per heavy atom. The van der Waals surface area contributed by atoms with Crippen LogP contribution in [0, 0.1) is 0 Å². The molecule has 0 bridgehead atoms. The Bertz CT molecular complexity index is 110. The van der Waals surface area contributed by atoms with Gasteiger partial charge in [-0.3, -0.25) is 0 Å². The predicted octanol–water partition coefficient (Wildman–Crippen LogP) is 1.55. The number of alkyl halides is 4. The number of hydrogen-bond donors (Lipinski definition) is 0. The fourth-order valence-corrected chi connectivity index (χ4v) is 0.517. The number of ether oxygens (including phenoxy) is 2. The third-order valence-corrected chi connectivity index (χ3v) is 1.11. The molecule has 0 aliphatic carbocycles. The van der Waals surface area contributed by atoms with Crippen LogP contribution in [0.5, 0.6) is 0 Å². The Labute approximate surface area is 67.5 Å². The maximum atomic E-state index is 11.8. The molecule has 0 aliphatic rings. The summed E-state index contributed by atoms with van der Waals surface area (Å²) in [6.07, 6.45) is -6.78. The molecule has 0 aromatic heterocycles. The van der Waals surface area contributed by atoms with E-state index in [9.17, 15) is 17.6 Å². The molecule has 0 saturated carbocycles. The average molecular weight is 190 g/mol. The first-order valence-electron chi connectivity index (χ1n) is 3.24. The second-order valence-electron chi connectivity index (χ2n) is 2.04. The number of hydrogen-bond acceptors (Lipinski definition) is 2. The molecular weight excluding hydrogens is 180 g/mol. The molecule has 0 fully saturated rings. The second-order valence-corrected chi connectivity index (χ2v) is 2.04. The van der Waals surface area contributed by atoms with E-state index in [-0.39, 0.29) is 0 Å². The van der Waals surface area contributed by atoms with Gasteiger partial charge in [0.05, 0.1) is 6.61 Å². The monoisotopic (exact) mass is 190 g/mol. The van der Waals surface area contributed by atoms with E-state index < -0.39 is 32.2 Å². The summed E-state index contributed by atoms with van der Waals surface area (Å²) in [4.78, 5) is 0. The average Bonchev–Trinajstić information content (AvgIpc) is 1.96. The highest BCUT2D eigenvalue weighted by atomic mass is 19.3. The topological polar surface area (TPSA) is 18.5 Å². The Morgan fingerprint density at radius 1 is 1.08 bits per heavy atom. The van der Waals surface area contributed by atoms with Crippen molar-refractivity contribution in [1.29, 1.82) is 0 Å². The van der Waals surface area contributed by atoms with Crippen molar-refractivity contribution in [3.8, 4) is 0 Å². The van der Waals surface area contributed by atoms with Crippen LogP contribution in [0.2, 0.25) is 0 Å². The molecule has 1 unspecified atom stereocenters. The van der Waals surface area contributed by atoms with E-state index in [1.165, 1.54) is 0 Å². The minimum atomic E-state index is -2.72. The fourth-order valence-electron chi connectivity index (χ4n) is 0.517. The van der Waals surface area contributed by atoms with Crippen LogP contribution in [-0.4, -0.2) is 39.3 Å². The molecule has 74 valence electrons. The molecule has 12 heavy (non-hydrogen) atoms. The van der Waals surface area contributed by atoms with Crippen LogP contribution in [0.4, 0.5) is 17.6 Å². The Morgan fingerprint density at radius 2 is 1.67 bits per heavy atom. The van der Waals surface area contributed by atoms with E-state index in [1.54, 1.807) is 0 Å². The van der Waals surface area contributed by atoms with Gasteiger partial charge in [0.1, 0.15) is 12.7 Å². The lowest BCUT2D eigenvalue weighted by atomic mass is 10.4. The molecule has 0 heterocycles. The summed E-state index contributed by atoms with van der Waals surface area (Å²) in [5.41, 5.74) is 0. The lowest BCUT2D eigenvalue weighted by Gasteiger charge is -2.13. The van der Waals surface area contributed by atoms with Gasteiger partial charge in [-0.15, -0.1) is 0 Å². The van der Waals surface area contributed by atoms with Gasteiger partial charge in [-0.2, -0.15) is 0 Å². The highest BCUT2D eigenvalue weighted by Gasteiger charge is 2.20. The summed E-state index contributed by atoms with van der Waals surface area (Å²) in [5.74, 6) is 0. The van der Waals surface area contributed by atoms with Crippen LogP contribution in [0.1, 0.15) is 0 Å². The zero-order valence-electron chi connectivity index (χ0n) is 6.47. The molecule has 0 N–H and O–H groups in total. The van der Waals surface area contributed by atoms with Gasteiger partial charge in [-0.05, 0) is 0 Å². The number of methoxy groups -OCH3 is 1. The Kier molecular flexibility index (Phi) is 6.00. The molecule has 6 heteroatoms. The summed E-state index contributed by atoms with van der Waals surface area (Å²) >= 11 is 0. The minimum absolute atomic E-state index is 0.515. The van der Waals surface area contributed by atoms with Crippen LogP contribution < -0.4 is 0 Å². The first-order valence-corrected chi connectivity index (χ1v) is 3.24. The second kappa shape index (κ2) is 6.19. The van der Waals surface area contributed by atoms with Crippen molar-refractivity contribution in [3.63, 3.8) is 0 Å². The van der Waals surface area contributed by atoms with E-state index in [2.05, 4.69) is 9.47 Å². The van der Waals surface area contributed by atoms with Crippen molar-refractivity contribution in [3.05, 3.63) is 0 Å². The highest BCUT2D eigenvalue weighted by molar-refractivity contribution is 4.57. The van der Waals surface area contributed by atoms with Gasteiger partial charge in [0.15, 0.2) is 0 Å². The van der Waals surface area contributed by atoms with E-state index in [0.29, 0.717) is 0 Å². The third kappa shape index (κ3) is 5.31. The zero-order chi connectivity index (χ0) is 9.56. The molecule has 1 atom stereocenters. The quantitative estimate of drug-likeness (QED) is 0.591. The molecule has 0 rings (SSSR count). The molecule has 0 saturated heterocycles. The van der Waals surface area contributed by atoms with Crippen molar-refractivity contribution in [1.82, 2.24) is 0 Å². The smallest absolute Gasteiger partial charge is 0.266 e. The number of halogens is 4. The zero-order valence-corrected chi connectivity index (χ0v) is 6.47. The van der Waals surface area contributed by atoms with Gasteiger partial charge in [0.25, 0.3) is 12.9 Å². The maximum absolute atomic E-state index is 11.8. The predicted molar refractivity (Wildman–Crippen MR) is 33.6 cm³/mol. The van der Waals surface area contributed by atoms with Crippen LogP contribution in [0.3, 0.4) is 0 Å². The first kappa shape index (κ1) is 11.6. The van der Waals surface area contributed by atoms with E-state index >= 15 is 0 Å².